The number of hydrogen-bond donors (Lipinski definition) is 3. The summed E-state index contributed by atoms with van der Waals surface area (Å²) in [6.45, 7) is 3.39. The van der Waals surface area contributed by atoms with Crippen molar-refractivity contribution >= 4 is 28.6 Å². The number of nitrogens with two attached hydrogens (primary N) is 1. The molecule has 228 valence electrons. The molecule has 42 heavy (non-hydrogen) atoms. The normalized spacial score (nSPS) is 28.0. The number of carbonyl (C=O) groups excluding carboxylic acids is 1. The van der Waals surface area contributed by atoms with E-state index in [0.717, 1.165) is 43.9 Å². The Morgan fingerprint density at radius 3 is 2.14 bits per heavy atom. The predicted octanol–water partition coefficient (Wildman–Crippen LogP) is 4.53. The first-order valence-electron chi connectivity index (χ1n) is 15.7. The molecule has 3 atom stereocenters. The number of benzene rings is 1. The lowest BCUT2D eigenvalue weighted by Gasteiger charge is -2.41. The van der Waals surface area contributed by atoms with Crippen LogP contribution < -0.4 is 16.6 Å². The third kappa shape index (κ3) is 6.85. The first kappa shape index (κ1) is 30.2. The number of fused-ring (bicyclic) bond motifs is 5. The summed E-state index contributed by atoms with van der Waals surface area (Å²) in [5, 5.41) is 17.1. The first-order chi connectivity index (χ1) is 20.2. The van der Waals surface area contributed by atoms with Crippen LogP contribution >= 0.6 is 0 Å². The molecule has 0 radical (unpaired) electrons. The summed E-state index contributed by atoms with van der Waals surface area (Å²) in [6.07, 6.45) is 14.6. The SMILES string of the molecule is C1CC2CCCC(C1)C2.CC(C)C(O/N=C(\C(=O)O)c1nc2ccccc2n(C2CC3CCCC(C2)N3)c1=O)C(N)=O. The molecule has 1 aromatic heterocycles. The Bertz CT molecular complexity index is 1340. The highest BCUT2D eigenvalue weighted by atomic mass is 16.6. The molecule has 2 saturated heterocycles. The maximum absolute atomic E-state index is 13.6. The smallest absolute Gasteiger partial charge is 0.360 e. The number of carboxylic acid groups (broad SMARTS) is 1. The molecule has 4 fully saturated rings. The van der Waals surface area contributed by atoms with E-state index in [0.29, 0.717) is 23.1 Å². The maximum atomic E-state index is 13.6. The number of oxime groups is 1. The van der Waals surface area contributed by atoms with Crippen molar-refractivity contribution in [2.75, 3.05) is 0 Å². The fraction of sp³-hybridized carbons (Fsp3) is 0.656. The molecule has 2 aliphatic heterocycles. The van der Waals surface area contributed by atoms with E-state index in [4.69, 9.17) is 10.6 Å². The lowest BCUT2D eigenvalue weighted by molar-refractivity contribution is -0.134. The van der Waals surface area contributed by atoms with Gasteiger partial charge < -0.3 is 25.6 Å². The van der Waals surface area contributed by atoms with E-state index in [-0.39, 0.29) is 17.7 Å². The van der Waals surface area contributed by atoms with Crippen molar-refractivity contribution in [3.05, 3.63) is 40.3 Å². The van der Waals surface area contributed by atoms with Crippen LogP contribution in [-0.4, -0.2) is 50.4 Å². The number of hydrogen-bond acceptors (Lipinski definition) is 7. The number of aliphatic carboxylic acids is 1. The second-order valence-electron chi connectivity index (χ2n) is 13.0. The second-order valence-corrected chi connectivity index (χ2v) is 13.0. The molecule has 10 nitrogen and oxygen atoms in total. The van der Waals surface area contributed by atoms with Gasteiger partial charge >= 0.3 is 5.97 Å². The van der Waals surface area contributed by atoms with Crippen LogP contribution in [0.4, 0.5) is 0 Å². The number of piperidine rings is 2. The Morgan fingerprint density at radius 1 is 1.00 bits per heavy atom. The quantitative estimate of drug-likeness (QED) is 0.322. The van der Waals surface area contributed by atoms with Gasteiger partial charge in [0.15, 0.2) is 5.69 Å². The van der Waals surface area contributed by atoms with Crippen molar-refractivity contribution in [3.8, 4) is 0 Å². The van der Waals surface area contributed by atoms with Gasteiger partial charge in [-0.05, 0) is 56.1 Å². The van der Waals surface area contributed by atoms with Gasteiger partial charge in [0.05, 0.1) is 11.0 Å². The van der Waals surface area contributed by atoms with E-state index in [1.807, 2.05) is 12.1 Å². The molecule has 2 aliphatic carbocycles. The minimum Gasteiger partial charge on any atom is -0.476 e. The number of carbonyl (C=O) groups is 2. The predicted molar refractivity (Wildman–Crippen MR) is 161 cm³/mol. The van der Waals surface area contributed by atoms with Gasteiger partial charge in [0.25, 0.3) is 11.5 Å². The Balaban J connectivity index is 0.000000330. The van der Waals surface area contributed by atoms with Crippen molar-refractivity contribution in [2.45, 2.75) is 115 Å². The van der Waals surface area contributed by atoms with Crippen molar-refractivity contribution < 1.29 is 19.5 Å². The molecule has 6 rings (SSSR count). The molecule has 1 aromatic carbocycles. The first-order valence-corrected chi connectivity index (χ1v) is 15.7. The average Bonchev–Trinajstić information content (AvgIpc) is 2.95. The second kappa shape index (κ2) is 13.4. The number of para-hydroxylation sites is 2. The van der Waals surface area contributed by atoms with Gasteiger partial charge in [0.2, 0.25) is 11.8 Å². The standard InChI is InChI=1S/C23H29N5O5.C9H16/c1-12(2)20(21(24)29)33-27-19(23(31)32)18-22(30)28(17-9-4-3-8-16(17)26-18)15-10-13-6-5-7-14(11-15)25-13;1-3-8-5-2-6-9(4-1)7-8/h3-4,8-9,12-15,20,25H,5-7,10-11H2,1-2H3,(H2,24,29)(H,31,32);8-9H,1-7H2/b27-19-;. The van der Waals surface area contributed by atoms with Gasteiger partial charge in [-0.3, -0.25) is 9.59 Å². The van der Waals surface area contributed by atoms with Crippen LogP contribution in [0.2, 0.25) is 0 Å². The fourth-order valence-electron chi connectivity index (χ4n) is 7.53. The van der Waals surface area contributed by atoms with E-state index in [2.05, 4.69) is 15.5 Å². The highest BCUT2D eigenvalue weighted by molar-refractivity contribution is 6.41. The number of carboxylic acids is 1. The van der Waals surface area contributed by atoms with Gasteiger partial charge in [-0.25, -0.2) is 9.78 Å². The average molecular weight is 580 g/mol. The highest BCUT2D eigenvalue weighted by Crippen LogP contribution is 2.39. The Morgan fingerprint density at radius 2 is 1.60 bits per heavy atom. The van der Waals surface area contributed by atoms with E-state index < -0.39 is 29.3 Å². The van der Waals surface area contributed by atoms with Crippen molar-refractivity contribution in [1.29, 1.82) is 0 Å². The monoisotopic (exact) mass is 579 g/mol. The van der Waals surface area contributed by atoms with E-state index in [1.165, 1.54) is 12.8 Å². The summed E-state index contributed by atoms with van der Waals surface area (Å²) < 4.78 is 1.66. The van der Waals surface area contributed by atoms with E-state index >= 15 is 0 Å². The zero-order chi connectivity index (χ0) is 29.8. The lowest BCUT2D eigenvalue weighted by atomic mass is 9.72. The van der Waals surface area contributed by atoms with Crippen LogP contribution in [0.5, 0.6) is 0 Å². The molecule has 3 heterocycles. The molecular formula is C32H45N5O5. The van der Waals surface area contributed by atoms with Gasteiger partial charge in [0, 0.05) is 24.0 Å². The molecule has 3 unspecified atom stereocenters. The number of aromatic nitrogens is 2. The summed E-state index contributed by atoms with van der Waals surface area (Å²) >= 11 is 0. The molecule has 2 aromatic rings. The van der Waals surface area contributed by atoms with Crippen LogP contribution in [0.3, 0.4) is 0 Å². The molecular weight excluding hydrogens is 534 g/mol. The summed E-state index contributed by atoms with van der Waals surface area (Å²) in [4.78, 5) is 46.9. The summed E-state index contributed by atoms with van der Waals surface area (Å²) in [7, 11) is 0. The molecule has 1 amide bonds. The van der Waals surface area contributed by atoms with Crippen molar-refractivity contribution in [3.63, 3.8) is 0 Å². The Labute approximate surface area is 247 Å². The lowest BCUT2D eigenvalue weighted by Crippen LogP contribution is -2.50. The summed E-state index contributed by atoms with van der Waals surface area (Å²) in [5.74, 6) is -0.286. The highest BCUT2D eigenvalue weighted by Gasteiger charge is 2.35. The third-order valence-corrected chi connectivity index (χ3v) is 9.54. The molecule has 4 aliphatic rings. The number of amides is 1. The molecule has 2 saturated carbocycles. The Hall–Kier alpha value is -3.27. The molecule has 4 N–H and O–H groups in total. The van der Waals surface area contributed by atoms with Gasteiger partial charge in [-0.1, -0.05) is 76.1 Å². The topological polar surface area (TPSA) is 149 Å². The van der Waals surface area contributed by atoms with Gasteiger partial charge in [-0.2, -0.15) is 0 Å². The van der Waals surface area contributed by atoms with E-state index in [9.17, 15) is 19.5 Å². The van der Waals surface area contributed by atoms with Crippen LogP contribution in [0.15, 0.2) is 34.2 Å². The molecule has 0 spiro atoms. The maximum Gasteiger partial charge on any atom is 0.360 e. The zero-order valence-electron chi connectivity index (χ0n) is 24.8. The molecule has 10 heteroatoms. The summed E-state index contributed by atoms with van der Waals surface area (Å²) in [6, 6.07) is 7.72. The third-order valence-electron chi connectivity index (χ3n) is 9.54. The van der Waals surface area contributed by atoms with Gasteiger partial charge in [-0.15, -0.1) is 0 Å². The largest absolute Gasteiger partial charge is 0.476 e. The van der Waals surface area contributed by atoms with Gasteiger partial charge in [0.1, 0.15) is 0 Å². The number of rotatable bonds is 7. The van der Waals surface area contributed by atoms with Crippen molar-refractivity contribution in [2.24, 2.45) is 28.6 Å². The van der Waals surface area contributed by atoms with Crippen LogP contribution in [-0.2, 0) is 14.4 Å². The van der Waals surface area contributed by atoms with Crippen molar-refractivity contribution in [1.82, 2.24) is 14.9 Å². The van der Waals surface area contributed by atoms with Crippen LogP contribution in [0.1, 0.15) is 103 Å². The zero-order valence-corrected chi connectivity index (χ0v) is 24.8. The minimum absolute atomic E-state index is 0.0919. The number of nitrogens with zero attached hydrogens (tertiary/aromatic N) is 3. The van der Waals surface area contributed by atoms with Crippen LogP contribution in [0.25, 0.3) is 11.0 Å². The minimum atomic E-state index is -1.48. The summed E-state index contributed by atoms with van der Waals surface area (Å²) in [5.41, 5.74) is 4.97. The molecule has 4 bridgehead atoms. The number of nitrogens with one attached hydrogen (secondary N) is 1. The Kier molecular flexibility index (Phi) is 9.60. The van der Waals surface area contributed by atoms with E-state index in [1.54, 1.807) is 62.7 Å². The number of primary amides is 1. The fourth-order valence-corrected chi connectivity index (χ4v) is 7.53. The van der Waals surface area contributed by atoms with Crippen LogP contribution in [0, 0.1) is 17.8 Å².